The van der Waals surface area contributed by atoms with Crippen molar-refractivity contribution in [2.24, 2.45) is 0 Å². The Morgan fingerprint density at radius 2 is 1.77 bits per heavy atom. The van der Waals surface area contributed by atoms with Crippen LogP contribution in [0.3, 0.4) is 0 Å². The SMILES string of the molecule is C[C@H](CCc1ccccc1)NC(=O)c1cc(S(=O)(=O)N2CCN(C)CC2)ccc1Cl. The molecule has 0 radical (unpaired) electrons. The van der Waals surface area contributed by atoms with Crippen LogP contribution in [0.15, 0.2) is 53.4 Å². The number of likely N-dealkylation sites (N-methyl/N-ethyl adjacent to an activating group) is 1. The molecular formula is C22H28ClN3O3S. The Hall–Kier alpha value is -1.93. The number of sulfonamides is 1. The highest BCUT2D eigenvalue weighted by molar-refractivity contribution is 7.89. The highest BCUT2D eigenvalue weighted by Crippen LogP contribution is 2.24. The molecule has 1 aliphatic heterocycles. The van der Waals surface area contributed by atoms with Crippen molar-refractivity contribution in [1.29, 1.82) is 0 Å². The summed E-state index contributed by atoms with van der Waals surface area (Å²) in [6, 6.07) is 14.3. The Bertz CT molecular complexity index is 974. The number of rotatable bonds is 7. The van der Waals surface area contributed by atoms with E-state index in [1.807, 2.05) is 32.2 Å². The molecule has 1 heterocycles. The van der Waals surface area contributed by atoms with Gasteiger partial charge in [0.2, 0.25) is 10.0 Å². The summed E-state index contributed by atoms with van der Waals surface area (Å²) in [4.78, 5) is 15.0. The topological polar surface area (TPSA) is 69.7 Å². The number of halogens is 1. The van der Waals surface area contributed by atoms with Crippen LogP contribution in [0.2, 0.25) is 5.02 Å². The highest BCUT2D eigenvalue weighted by Gasteiger charge is 2.28. The first-order chi connectivity index (χ1) is 14.3. The molecule has 0 aromatic heterocycles. The van der Waals surface area contributed by atoms with E-state index in [1.165, 1.54) is 28.1 Å². The van der Waals surface area contributed by atoms with Crippen molar-refractivity contribution in [1.82, 2.24) is 14.5 Å². The molecule has 0 unspecified atom stereocenters. The Kier molecular flexibility index (Phi) is 7.52. The van der Waals surface area contributed by atoms with Crippen molar-refractivity contribution in [3.05, 3.63) is 64.7 Å². The van der Waals surface area contributed by atoms with Crippen LogP contribution in [0.5, 0.6) is 0 Å². The molecule has 0 spiro atoms. The van der Waals surface area contributed by atoms with Crippen molar-refractivity contribution in [2.45, 2.75) is 30.7 Å². The van der Waals surface area contributed by atoms with Crippen LogP contribution >= 0.6 is 11.6 Å². The van der Waals surface area contributed by atoms with Crippen LogP contribution in [0.25, 0.3) is 0 Å². The number of hydrogen-bond acceptors (Lipinski definition) is 4. The van der Waals surface area contributed by atoms with Gasteiger partial charge in [-0.3, -0.25) is 4.79 Å². The third kappa shape index (κ3) is 5.60. The Morgan fingerprint density at radius 3 is 2.43 bits per heavy atom. The van der Waals surface area contributed by atoms with E-state index in [0.717, 1.165) is 12.8 Å². The standard InChI is InChI=1S/C22H28ClN3O3S/c1-17(8-9-18-6-4-3-5-7-18)24-22(27)20-16-19(10-11-21(20)23)30(28,29)26-14-12-25(2)13-15-26/h3-7,10-11,16-17H,8-9,12-15H2,1-2H3,(H,24,27)/t17-/m1/s1. The molecular weight excluding hydrogens is 422 g/mol. The van der Waals surface area contributed by atoms with Gasteiger partial charge in [0.25, 0.3) is 5.91 Å². The van der Waals surface area contributed by atoms with Gasteiger partial charge in [-0.25, -0.2) is 8.42 Å². The summed E-state index contributed by atoms with van der Waals surface area (Å²) in [5.74, 6) is -0.365. The summed E-state index contributed by atoms with van der Waals surface area (Å²) < 4.78 is 27.4. The Balaban J connectivity index is 1.68. The number of nitrogens with zero attached hydrogens (tertiary/aromatic N) is 2. The predicted octanol–water partition coefficient (Wildman–Crippen LogP) is 3.03. The molecule has 1 saturated heterocycles. The van der Waals surface area contributed by atoms with Gasteiger partial charge in [0, 0.05) is 32.2 Å². The molecule has 2 aromatic carbocycles. The number of carbonyl (C=O) groups is 1. The van der Waals surface area contributed by atoms with Crippen LogP contribution in [-0.4, -0.2) is 62.8 Å². The third-order valence-corrected chi connectivity index (χ3v) is 7.59. The van der Waals surface area contributed by atoms with Crippen molar-refractivity contribution in [3.63, 3.8) is 0 Å². The minimum Gasteiger partial charge on any atom is -0.350 e. The largest absolute Gasteiger partial charge is 0.350 e. The minimum absolute atomic E-state index is 0.0772. The van der Waals surface area contributed by atoms with Gasteiger partial charge in [0.15, 0.2) is 0 Å². The van der Waals surface area contributed by atoms with E-state index in [-0.39, 0.29) is 27.4 Å². The Labute approximate surface area is 183 Å². The first-order valence-electron chi connectivity index (χ1n) is 10.1. The maximum atomic E-state index is 13.0. The third-order valence-electron chi connectivity index (χ3n) is 5.37. The summed E-state index contributed by atoms with van der Waals surface area (Å²) in [5, 5.41) is 3.17. The zero-order valence-corrected chi connectivity index (χ0v) is 18.9. The van der Waals surface area contributed by atoms with E-state index in [4.69, 9.17) is 11.6 Å². The molecule has 0 saturated carbocycles. The normalized spacial score (nSPS) is 16.9. The molecule has 3 rings (SSSR count). The lowest BCUT2D eigenvalue weighted by molar-refractivity contribution is 0.0938. The lowest BCUT2D eigenvalue weighted by atomic mass is 10.1. The lowest BCUT2D eigenvalue weighted by Gasteiger charge is -2.31. The summed E-state index contributed by atoms with van der Waals surface area (Å²) in [5.41, 5.74) is 1.38. The number of benzene rings is 2. The van der Waals surface area contributed by atoms with Gasteiger partial charge in [-0.1, -0.05) is 41.9 Å². The summed E-state index contributed by atoms with van der Waals surface area (Å²) >= 11 is 6.23. The molecule has 2 aromatic rings. The van der Waals surface area contributed by atoms with Crippen LogP contribution in [0.4, 0.5) is 0 Å². The van der Waals surface area contributed by atoms with Gasteiger partial charge in [0.05, 0.1) is 15.5 Å². The molecule has 1 aliphatic rings. The summed E-state index contributed by atoms with van der Waals surface area (Å²) in [6.45, 7) is 4.15. The first-order valence-corrected chi connectivity index (χ1v) is 11.9. The van der Waals surface area contributed by atoms with Gasteiger partial charge >= 0.3 is 0 Å². The van der Waals surface area contributed by atoms with Crippen molar-refractivity contribution < 1.29 is 13.2 Å². The van der Waals surface area contributed by atoms with E-state index in [9.17, 15) is 13.2 Å². The molecule has 8 heteroatoms. The lowest BCUT2D eigenvalue weighted by Crippen LogP contribution is -2.47. The molecule has 0 bridgehead atoms. The van der Waals surface area contributed by atoms with Crippen LogP contribution < -0.4 is 5.32 Å². The van der Waals surface area contributed by atoms with Crippen LogP contribution in [0, 0.1) is 0 Å². The second-order valence-corrected chi connectivity index (χ2v) is 10.1. The summed E-state index contributed by atoms with van der Waals surface area (Å²) in [7, 11) is -1.70. The van der Waals surface area contributed by atoms with Gasteiger partial charge in [-0.15, -0.1) is 0 Å². The maximum absolute atomic E-state index is 13.0. The van der Waals surface area contributed by atoms with Gasteiger partial charge in [0.1, 0.15) is 0 Å². The van der Waals surface area contributed by atoms with Crippen molar-refractivity contribution in [2.75, 3.05) is 33.2 Å². The fourth-order valence-electron chi connectivity index (χ4n) is 3.42. The van der Waals surface area contributed by atoms with Gasteiger partial charge in [-0.2, -0.15) is 4.31 Å². The number of carbonyl (C=O) groups excluding carboxylic acids is 1. The fourth-order valence-corrected chi connectivity index (χ4v) is 5.07. The fraction of sp³-hybridized carbons (Fsp3) is 0.409. The van der Waals surface area contributed by atoms with E-state index in [0.29, 0.717) is 26.2 Å². The van der Waals surface area contributed by atoms with E-state index < -0.39 is 10.0 Å². The number of amides is 1. The van der Waals surface area contributed by atoms with E-state index in [2.05, 4.69) is 22.3 Å². The molecule has 0 aliphatic carbocycles. The predicted molar refractivity (Wildman–Crippen MR) is 119 cm³/mol. The zero-order chi connectivity index (χ0) is 21.7. The molecule has 6 nitrogen and oxygen atoms in total. The molecule has 162 valence electrons. The van der Waals surface area contributed by atoms with Gasteiger partial charge < -0.3 is 10.2 Å². The quantitative estimate of drug-likeness (QED) is 0.705. The maximum Gasteiger partial charge on any atom is 0.253 e. The second-order valence-electron chi connectivity index (χ2n) is 7.75. The van der Waals surface area contributed by atoms with E-state index >= 15 is 0 Å². The van der Waals surface area contributed by atoms with Crippen LogP contribution in [-0.2, 0) is 16.4 Å². The highest BCUT2D eigenvalue weighted by atomic mass is 35.5. The number of hydrogen-bond donors (Lipinski definition) is 1. The second kappa shape index (κ2) is 9.92. The zero-order valence-electron chi connectivity index (χ0n) is 17.3. The molecule has 30 heavy (non-hydrogen) atoms. The van der Waals surface area contributed by atoms with Gasteiger partial charge in [-0.05, 0) is 50.6 Å². The van der Waals surface area contributed by atoms with Crippen LogP contribution in [0.1, 0.15) is 29.3 Å². The monoisotopic (exact) mass is 449 g/mol. The average molecular weight is 450 g/mol. The number of nitrogens with one attached hydrogen (secondary N) is 1. The summed E-state index contributed by atoms with van der Waals surface area (Å²) in [6.07, 6.45) is 1.61. The molecule has 1 fully saturated rings. The van der Waals surface area contributed by atoms with Crippen molar-refractivity contribution >= 4 is 27.5 Å². The Morgan fingerprint density at radius 1 is 1.10 bits per heavy atom. The smallest absolute Gasteiger partial charge is 0.253 e. The molecule has 1 atom stereocenters. The van der Waals surface area contributed by atoms with E-state index in [1.54, 1.807) is 0 Å². The molecule has 1 amide bonds. The first kappa shape index (κ1) is 22.7. The average Bonchev–Trinajstić information content (AvgIpc) is 2.73. The minimum atomic E-state index is -3.66. The molecule has 1 N–H and O–H groups in total. The number of aryl methyl sites for hydroxylation is 1. The number of piperazine rings is 1. The van der Waals surface area contributed by atoms with Crippen molar-refractivity contribution in [3.8, 4) is 0 Å².